The van der Waals surface area contributed by atoms with E-state index in [1.807, 2.05) is 41.8 Å². The molecule has 0 saturated carbocycles. The molecule has 0 saturated heterocycles. The van der Waals surface area contributed by atoms with Crippen molar-refractivity contribution in [3.63, 3.8) is 0 Å². The molecule has 0 unspecified atom stereocenters. The summed E-state index contributed by atoms with van der Waals surface area (Å²) in [5.74, 6) is 0.121. The smallest absolute Gasteiger partial charge is 0.236 e. The Kier molecular flexibility index (Phi) is 4.91. The number of carbonyl (C=O) groups excluding carboxylic acids is 1. The number of aromatic nitrogens is 4. The molecule has 2 aromatic carbocycles. The van der Waals surface area contributed by atoms with Crippen LogP contribution in [0, 0.1) is 13.8 Å². The van der Waals surface area contributed by atoms with Crippen LogP contribution in [0.4, 0.5) is 5.13 Å². The summed E-state index contributed by atoms with van der Waals surface area (Å²) in [6.07, 6.45) is 1.65. The van der Waals surface area contributed by atoms with Crippen LogP contribution in [0.2, 0.25) is 0 Å². The van der Waals surface area contributed by atoms with Gasteiger partial charge in [-0.1, -0.05) is 47.4 Å². The van der Waals surface area contributed by atoms with E-state index in [2.05, 4.69) is 39.6 Å². The highest BCUT2D eigenvalue weighted by Gasteiger charge is 2.13. The molecule has 6 nitrogen and oxygen atoms in total. The molecule has 0 aliphatic rings. The summed E-state index contributed by atoms with van der Waals surface area (Å²) < 4.78 is 2.95. The standard InChI is InChI=1S/C19H17N5OS2/c1-12-8-13(2)17-15(9-12)27-18(22-17)21-16(25)10-26-19-23-20-11-24(19)14-6-4-3-5-7-14/h3-9,11H,10H2,1-2H3,(H,21,22,25). The fourth-order valence-corrected chi connectivity index (χ4v) is 4.59. The Morgan fingerprint density at radius 1 is 1.22 bits per heavy atom. The highest BCUT2D eigenvalue weighted by atomic mass is 32.2. The van der Waals surface area contributed by atoms with Gasteiger partial charge in [-0.15, -0.1) is 10.2 Å². The second kappa shape index (κ2) is 7.50. The Morgan fingerprint density at radius 2 is 2.04 bits per heavy atom. The lowest BCUT2D eigenvalue weighted by molar-refractivity contribution is -0.113. The van der Waals surface area contributed by atoms with Gasteiger partial charge < -0.3 is 5.32 Å². The summed E-state index contributed by atoms with van der Waals surface area (Å²) in [5, 5.41) is 12.3. The fraction of sp³-hybridized carbons (Fsp3) is 0.158. The van der Waals surface area contributed by atoms with E-state index in [-0.39, 0.29) is 11.7 Å². The molecule has 2 aromatic heterocycles. The summed E-state index contributed by atoms with van der Waals surface area (Å²) in [7, 11) is 0. The van der Waals surface area contributed by atoms with Gasteiger partial charge in [0, 0.05) is 5.69 Å². The first-order valence-corrected chi connectivity index (χ1v) is 10.2. The molecule has 0 spiro atoms. The maximum atomic E-state index is 12.4. The molecule has 0 fully saturated rings. The van der Waals surface area contributed by atoms with Gasteiger partial charge in [0.2, 0.25) is 5.91 Å². The number of thiazole rings is 1. The van der Waals surface area contributed by atoms with Gasteiger partial charge in [0.05, 0.1) is 16.0 Å². The van der Waals surface area contributed by atoms with Crippen LogP contribution < -0.4 is 5.32 Å². The van der Waals surface area contributed by atoms with Crippen LogP contribution in [0.5, 0.6) is 0 Å². The van der Waals surface area contributed by atoms with Crippen molar-refractivity contribution in [1.29, 1.82) is 0 Å². The lowest BCUT2D eigenvalue weighted by atomic mass is 10.1. The third-order valence-corrected chi connectivity index (χ3v) is 5.82. The van der Waals surface area contributed by atoms with E-state index in [1.165, 1.54) is 28.7 Å². The number of para-hydroxylation sites is 1. The zero-order chi connectivity index (χ0) is 18.8. The third kappa shape index (κ3) is 3.86. The lowest BCUT2D eigenvalue weighted by Gasteiger charge is -2.05. The van der Waals surface area contributed by atoms with Gasteiger partial charge in [0.1, 0.15) is 6.33 Å². The second-order valence-electron chi connectivity index (χ2n) is 6.10. The van der Waals surface area contributed by atoms with E-state index in [1.54, 1.807) is 6.33 Å². The highest BCUT2D eigenvalue weighted by molar-refractivity contribution is 7.99. The van der Waals surface area contributed by atoms with E-state index in [0.717, 1.165) is 21.5 Å². The Labute approximate surface area is 164 Å². The van der Waals surface area contributed by atoms with Crippen LogP contribution in [0.1, 0.15) is 11.1 Å². The van der Waals surface area contributed by atoms with Crippen molar-refractivity contribution < 1.29 is 4.79 Å². The van der Waals surface area contributed by atoms with Crippen molar-refractivity contribution in [2.24, 2.45) is 0 Å². The van der Waals surface area contributed by atoms with Gasteiger partial charge in [0.15, 0.2) is 10.3 Å². The van der Waals surface area contributed by atoms with Gasteiger partial charge in [0.25, 0.3) is 0 Å². The van der Waals surface area contributed by atoms with E-state index < -0.39 is 0 Å². The number of benzene rings is 2. The molecule has 1 amide bonds. The number of hydrogen-bond acceptors (Lipinski definition) is 6. The average molecular weight is 396 g/mol. The first-order chi connectivity index (χ1) is 13.1. The summed E-state index contributed by atoms with van der Waals surface area (Å²) in [6.45, 7) is 4.09. The normalized spacial score (nSPS) is 11.0. The topological polar surface area (TPSA) is 72.7 Å². The molecule has 0 aliphatic carbocycles. The van der Waals surface area contributed by atoms with Gasteiger partial charge in [-0.05, 0) is 43.2 Å². The number of aryl methyl sites for hydroxylation is 2. The molecule has 4 aromatic rings. The number of amides is 1. The molecular weight excluding hydrogens is 378 g/mol. The number of nitrogens with one attached hydrogen (secondary N) is 1. The van der Waals surface area contributed by atoms with E-state index in [4.69, 9.17) is 0 Å². The Bertz CT molecular complexity index is 1100. The molecule has 27 heavy (non-hydrogen) atoms. The first kappa shape index (κ1) is 17.7. The summed E-state index contributed by atoms with van der Waals surface area (Å²) in [5.41, 5.74) is 4.21. The minimum atomic E-state index is -0.115. The number of fused-ring (bicyclic) bond motifs is 1. The summed E-state index contributed by atoms with van der Waals surface area (Å²) in [4.78, 5) is 16.9. The first-order valence-electron chi connectivity index (χ1n) is 8.36. The largest absolute Gasteiger partial charge is 0.301 e. The highest BCUT2D eigenvalue weighted by Crippen LogP contribution is 2.29. The van der Waals surface area contributed by atoms with E-state index in [0.29, 0.717) is 10.3 Å². The number of carbonyl (C=O) groups is 1. The molecule has 136 valence electrons. The minimum absolute atomic E-state index is 0.115. The van der Waals surface area contributed by atoms with E-state index in [9.17, 15) is 4.79 Å². The fourth-order valence-electron chi connectivity index (χ4n) is 2.80. The predicted octanol–water partition coefficient (Wildman–Crippen LogP) is 4.22. The maximum Gasteiger partial charge on any atom is 0.236 e. The number of thioether (sulfide) groups is 1. The van der Waals surface area contributed by atoms with Crippen LogP contribution in [0.3, 0.4) is 0 Å². The summed E-state index contributed by atoms with van der Waals surface area (Å²) in [6, 6.07) is 14.0. The molecule has 0 atom stereocenters. The third-order valence-electron chi connectivity index (χ3n) is 3.96. The number of anilines is 1. The maximum absolute atomic E-state index is 12.4. The zero-order valence-corrected chi connectivity index (χ0v) is 16.5. The van der Waals surface area contributed by atoms with Crippen LogP contribution in [0.25, 0.3) is 15.9 Å². The second-order valence-corrected chi connectivity index (χ2v) is 8.08. The zero-order valence-electron chi connectivity index (χ0n) is 14.8. The Hall–Kier alpha value is -2.71. The van der Waals surface area contributed by atoms with Crippen molar-refractivity contribution in [3.8, 4) is 5.69 Å². The van der Waals surface area contributed by atoms with Crippen molar-refractivity contribution in [3.05, 3.63) is 59.9 Å². The van der Waals surface area contributed by atoms with Gasteiger partial charge in [-0.25, -0.2) is 4.98 Å². The van der Waals surface area contributed by atoms with Crippen LogP contribution in [-0.2, 0) is 4.79 Å². The van der Waals surface area contributed by atoms with Crippen molar-refractivity contribution in [1.82, 2.24) is 19.7 Å². The molecule has 0 radical (unpaired) electrons. The summed E-state index contributed by atoms with van der Waals surface area (Å²) >= 11 is 2.83. The van der Waals surface area contributed by atoms with E-state index >= 15 is 0 Å². The van der Waals surface area contributed by atoms with Crippen molar-refractivity contribution in [2.75, 3.05) is 11.1 Å². The molecule has 0 aliphatic heterocycles. The van der Waals surface area contributed by atoms with Gasteiger partial charge in [-0.3, -0.25) is 9.36 Å². The molecule has 4 rings (SSSR count). The van der Waals surface area contributed by atoms with Gasteiger partial charge in [-0.2, -0.15) is 0 Å². The predicted molar refractivity (Wildman–Crippen MR) is 110 cm³/mol. The minimum Gasteiger partial charge on any atom is -0.301 e. The van der Waals surface area contributed by atoms with Crippen molar-refractivity contribution >= 4 is 44.4 Å². The Balaban J connectivity index is 1.44. The number of hydrogen-bond donors (Lipinski definition) is 1. The average Bonchev–Trinajstić information content (AvgIpc) is 3.27. The quantitative estimate of drug-likeness (QED) is 0.512. The van der Waals surface area contributed by atoms with Crippen molar-refractivity contribution in [2.45, 2.75) is 19.0 Å². The van der Waals surface area contributed by atoms with Crippen LogP contribution in [0.15, 0.2) is 53.9 Å². The Morgan fingerprint density at radius 3 is 2.85 bits per heavy atom. The monoisotopic (exact) mass is 395 g/mol. The molecule has 8 heteroatoms. The SMILES string of the molecule is Cc1cc(C)c2nc(NC(=O)CSc3nncn3-c3ccccc3)sc2c1. The number of nitrogens with zero attached hydrogens (tertiary/aromatic N) is 4. The lowest BCUT2D eigenvalue weighted by Crippen LogP contribution is -2.14. The van der Waals surface area contributed by atoms with Crippen LogP contribution >= 0.6 is 23.1 Å². The molecule has 1 N–H and O–H groups in total. The molecule has 0 bridgehead atoms. The number of rotatable bonds is 5. The van der Waals surface area contributed by atoms with Gasteiger partial charge >= 0.3 is 0 Å². The molecular formula is C19H17N5OS2. The molecule has 2 heterocycles. The van der Waals surface area contributed by atoms with Crippen LogP contribution in [-0.4, -0.2) is 31.4 Å².